The van der Waals surface area contributed by atoms with E-state index in [1.165, 1.54) is 44.9 Å². The van der Waals surface area contributed by atoms with Crippen LogP contribution in [0.3, 0.4) is 0 Å². The van der Waals surface area contributed by atoms with Gasteiger partial charge in [-0.05, 0) is 61.9 Å². The molecule has 1 saturated heterocycles. The lowest BCUT2D eigenvalue weighted by molar-refractivity contribution is -0.118. The summed E-state index contributed by atoms with van der Waals surface area (Å²) in [5, 5.41) is 12.6. The molecule has 2 unspecified atom stereocenters. The molecule has 24 heavy (non-hydrogen) atoms. The Morgan fingerprint density at radius 3 is 2.79 bits per heavy atom. The zero-order chi connectivity index (χ0) is 16.9. The fourth-order valence-corrected chi connectivity index (χ4v) is 4.26. The minimum Gasteiger partial charge on any atom is -0.370 e. The summed E-state index contributed by atoms with van der Waals surface area (Å²) in [5.74, 6) is 1.35. The van der Waals surface area contributed by atoms with Gasteiger partial charge in [-0.3, -0.25) is 9.69 Å². The van der Waals surface area contributed by atoms with Gasteiger partial charge in [-0.15, -0.1) is 5.10 Å². The molecule has 0 radical (unpaired) electrons. The number of hydrogen-bond acceptors (Lipinski definition) is 5. The molecule has 1 aromatic rings. The Morgan fingerprint density at radius 1 is 1.25 bits per heavy atom. The highest BCUT2D eigenvalue weighted by atomic mass is 16.1. The zero-order valence-corrected chi connectivity index (χ0v) is 14.7. The van der Waals surface area contributed by atoms with Gasteiger partial charge in [-0.1, -0.05) is 19.3 Å². The third-order valence-corrected chi connectivity index (χ3v) is 5.71. The van der Waals surface area contributed by atoms with Crippen LogP contribution in [0.5, 0.6) is 0 Å². The molecule has 1 amide bonds. The van der Waals surface area contributed by atoms with E-state index in [4.69, 9.17) is 5.73 Å². The fourth-order valence-electron chi connectivity index (χ4n) is 4.26. The number of carbonyl (C=O) groups excluding carboxylic acids is 1. The number of carbonyl (C=O) groups is 1. The van der Waals surface area contributed by atoms with E-state index in [1.807, 2.05) is 0 Å². The van der Waals surface area contributed by atoms with E-state index >= 15 is 0 Å². The van der Waals surface area contributed by atoms with Gasteiger partial charge in [0.15, 0.2) is 5.82 Å². The van der Waals surface area contributed by atoms with Gasteiger partial charge >= 0.3 is 0 Å². The van der Waals surface area contributed by atoms with Crippen molar-refractivity contribution in [3.05, 3.63) is 5.82 Å². The Balaban J connectivity index is 1.64. The number of piperidine rings is 1. The maximum Gasteiger partial charge on any atom is 0.217 e. The van der Waals surface area contributed by atoms with Gasteiger partial charge in [0.05, 0.1) is 12.1 Å². The minimum absolute atomic E-state index is 0.193. The first-order valence-electron chi connectivity index (χ1n) is 9.45. The smallest absolute Gasteiger partial charge is 0.217 e. The summed E-state index contributed by atoms with van der Waals surface area (Å²) in [6, 6.07) is 0.681. The van der Waals surface area contributed by atoms with E-state index < -0.39 is 0 Å². The van der Waals surface area contributed by atoms with E-state index in [0.717, 1.165) is 25.3 Å². The predicted octanol–water partition coefficient (Wildman–Crippen LogP) is 2.22. The molecule has 1 aliphatic heterocycles. The Labute approximate surface area is 144 Å². The topological polar surface area (TPSA) is 89.9 Å². The highest BCUT2D eigenvalue weighted by Gasteiger charge is 2.29. The van der Waals surface area contributed by atoms with Crippen LogP contribution in [-0.4, -0.2) is 44.1 Å². The number of nitrogens with two attached hydrogens (primary N) is 1. The standard InChI is InChI=1S/C17H30N6O/c1-13(22-11-5-6-14(12-22)9-10-16(18)24)17-19-20-21-23(17)15-7-3-2-4-8-15/h13-15H,2-12H2,1H3,(H2,18,24). The second-order valence-corrected chi connectivity index (χ2v) is 7.46. The lowest BCUT2D eigenvalue weighted by atomic mass is 9.92. The number of hydrogen-bond donors (Lipinski definition) is 1. The largest absolute Gasteiger partial charge is 0.370 e. The van der Waals surface area contributed by atoms with Crippen molar-refractivity contribution in [3.63, 3.8) is 0 Å². The number of likely N-dealkylation sites (tertiary alicyclic amines) is 1. The van der Waals surface area contributed by atoms with Crippen molar-refractivity contribution in [1.82, 2.24) is 25.1 Å². The average Bonchev–Trinajstić information content (AvgIpc) is 3.10. The van der Waals surface area contributed by atoms with Gasteiger partial charge in [0.2, 0.25) is 5.91 Å². The molecule has 3 rings (SSSR count). The summed E-state index contributed by atoms with van der Waals surface area (Å²) < 4.78 is 2.08. The van der Waals surface area contributed by atoms with Crippen LogP contribution in [0.1, 0.15) is 82.6 Å². The predicted molar refractivity (Wildman–Crippen MR) is 91.1 cm³/mol. The van der Waals surface area contributed by atoms with E-state index in [2.05, 4.69) is 32.0 Å². The van der Waals surface area contributed by atoms with Crippen LogP contribution in [0.4, 0.5) is 0 Å². The molecule has 2 aliphatic rings. The van der Waals surface area contributed by atoms with Gasteiger partial charge in [-0.25, -0.2) is 4.68 Å². The van der Waals surface area contributed by atoms with Crippen molar-refractivity contribution >= 4 is 5.91 Å². The maximum absolute atomic E-state index is 11.0. The molecule has 7 heteroatoms. The fraction of sp³-hybridized carbons (Fsp3) is 0.882. The first-order chi connectivity index (χ1) is 11.6. The highest BCUT2D eigenvalue weighted by molar-refractivity contribution is 5.73. The third-order valence-electron chi connectivity index (χ3n) is 5.71. The Hall–Kier alpha value is -1.50. The zero-order valence-electron chi connectivity index (χ0n) is 14.7. The molecule has 2 N–H and O–H groups in total. The quantitative estimate of drug-likeness (QED) is 0.861. The summed E-state index contributed by atoms with van der Waals surface area (Å²) in [7, 11) is 0. The van der Waals surface area contributed by atoms with E-state index in [0.29, 0.717) is 18.4 Å². The maximum atomic E-state index is 11.0. The van der Waals surface area contributed by atoms with Gasteiger partial charge in [0.25, 0.3) is 0 Å². The molecular weight excluding hydrogens is 304 g/mol. The normalized spacial score (nSPS) is 24.8. The molecule has 0 aromatic carbocycles. The second kappa shape index (κ2) is 8.05. The molecule has 0 spiro atoms. The van der Waals surface area contributed by atoms with Gasteiger partial charge in [0.1, 0.15) is 0 Å². The number of tetrazole rings is 1. The first kappa shape index (κ1) is 17.3. The molecule has 1 aliphatic carbocycles. The average molecular weight is 334 g/mol. The molecule has 7 nitrogen and oxygen atoms in total. The van der Waals surface area contributed by atoms with Crippen LogP contribution in [0.2, 0.25) is 0 Å². The molecule has 2 fully saturated rings. The van der Waals surface area contributed by atoms with Crippen molar-refractivity contribution in [2.75, 3.05) is 13.1 Å². The monoisotopic (exact) mass is 334 g/mol. The first-order valence-corrected chi connectivity index (χ1v) is 9.45. The van der Waals surface area contributed by atoms with Crippen LogP contribution in [0.25, 0.3) is 0 Å². The molecule has 2 heterocycles. The minimum atomic E-state index is -0.193. The van der Waals surface area contributed by atoms with E-state index in [-0.39, 0.29) is 11.9 Å². The van der Waals surface area contributed by atoms with Crippen molar-refractivity contribution in [1.29, 1.82) is 0 Å². The number of amides is 1. The molecule has 0 bridgehead atoms. The Bertz CT molecular complexity index is 539. The molecule has 134 valence electrons. The molecule has 2 atom stereocenters. The van der Waals surface area contributed by atoms with Crippen molar-refractivity contribution < 1.29 is 4.79 Å². The van der Waals surface area contributed by atoms with Crippen LogP contribution in [0, 0.1) is 5.92 Å². The summed E-state index contributed by atoms with van der Waals surface area (Å²) in [6.07, 6.45) is 9.99. The van der Waals surface area contributed by atoms with Gasteiger partial charge < -0.3 is 5.73 Å². The second-order valence-electron chi connectivity index (χ2n) is 7.46. The molecule has 1 aromatic heterocycles. The number of primary amides is 1. The number of nitrogens with zero attached hydrogens (tertiary/aromatic N) is 5. The highest BCUT2D eigenvalue weighted by Crippen LogP contribution is 2.32. The van der Waals surface area contributed by atoms with Crippen molar-refractivity contribution in [2.24, 2.45) is 11.7 Å². The van der Waals surface area contributed by atoms with E-state index in [9.17, 15) is 4.79 Å². The van der Waals surface area contributed by atoms with E-state index in [1.54, 1.807) is 0 Å². The summed E-state index contributed by atoms with van der Waals surface area (Å²) in [6.45, 7) is 4.29. The Morgan fingerprint density at radius 2 is 2.04 bits per heavy atom. The summed E-state index contributed by atoms with van der Waals surface area (Å²) in [5.41, 5.74) is 5.30. The Kier molecular flexibility index (Phi) is 5.81. The molecular formula is C17H30N6O. The van der Waals surface area contributed by atoms with Crippen LogP contribution >= 0.6 is 0 Å². The van der Waals surface area contributed by atoms with Crippen LogP contribution in [0.15, 0.2) is 0 Å². The third kappa shape index (κ3) is 4.12. The van der Waals surface area contributed by atoms with Crippen LogP contribution in [-0.2, 0) is 4.79 Å². The number of aromatic nitrogens is 4. The lowest BCUT2D eigenvalue weighted by Gasteiger charge is -2.36. The van der Waals surface area contributed by atoms with Crippen molar-refractivity contribution in [3.8, 4) is 0 Å². The van der Waals surface area contributed by atoms with Gasteiger partial charge in [-0.2, -0.15) is 0 Å². The lowest BCUT2D eigenvalue weighted by Crippen LogP contribution is -2.39. The van der Waals surface area contributed by atoms with Crippen molar-refractivity contribution in [2.45, 2.75) is 76.8 Å². The molecule has 1 saturated carbocycles. The SMILES string of the molecule is CC(c1nnnn1C1CCCCC1)N1CCCC(CCC(N)=O)C1. The summed E-state index contributed by atoms with van der Waals surface area (Å²) >= 11 is 0. The number of rotatable bonds is 6. The summed E-state index contributed by atoms with van der Waals surface area (Å²) in [4.78, 5) is 13.5. The van der Waals surface area contributed by atoms with Crippen LogP contribution < -0.4 is 5.73 Å². The van der Waals surface area contributed by atoms with Gasteiger partial charge in [0, 0.05) is 13.0 Å².